The minimum Gasteiger partial charge on any atom is -0.280 e. The van der Waals surface area contributed by atoms with Crippen LogP contribution in [0.4, 0.5) is 0 Å². The minimum atomic E-state index is -3.48. The summed E-state index contributed by atoms with van der Waals surface area (Å²) >= 11 is 0. The topological polar surface area (TPSA) is 98.2 Å². The van der Waals surface area contributed by atoms with Crippen molar-refractivity contribution in [2.24, 2.45) is 22.8 Å². The predicted octanol–water partition coefficient (Wildman–Crippen LogP) is 3.71. The Labute approximate surface area is 129 Å². The van der Waals surface area contributed by atoms with Crippen LogP contribution in [-0.2, 0) is 9.36 Å². The molecule has 0 aromatic heterocycles. The van der Waals surface area contributed by atoms with E-state index in [1.165, 1.54) is 25.3 Å². The summed E-state index contributed by atoms with van der Waals surface area (Å²) in [5, 5.41) is 2.08. The molecule has 0 aromatic carbocycles. The Morgan fingerprint density at radius 1 is 1.14 bits per heavy atom. The molecular formula is C15H32N3O2P. The largest absolute Gasteiger partial charge is 0.300 e. The van der Waals surface area contributed by atoms with E-state index in [4.69, 9.17) is 11.0 Å². The lowest BCUT2D eigenvalue weighted by atomic mass is 9.94. The van der Waals surface area contributed by atoms with E-state index in [0.717, 1.165) is 36.7 Å². The maximum Gasteiger partial charge on any atom is 0.300 e. The highest BCUT2D eigenvalue weighted by molar-refractivity contribution is 7.57. The lowest BCUT2D eigenvalue weighted by Gasteiger charge is -2.12. The Hall–Kier alpha value is -0.640. The van der Waals surface area contributed by atoms with Crippen molar-refractivity contribution in [1.29, 1.82) is 0 Å². The maximum absolute atomic E-state index is 11.5. The highest BCUT2D eigenvalue weighted by Crippen LogP contribution is 2.20. The van der Waals surface area contributed by atoms with Crippen LogP contribution in [0.1, 0.15) is 66.2 Å². The van der Waals surface area contributed by atoms with Crippen molar-refractivity contribution in [2.75, 3.05) is 0 Å². The van der Waals surface area contributed by atoms with Crippen LogP contribution in [0.5, 0.6) is 0 Å². The molecule has 5 N–H and O–H groups in total. The molecule has 0 spiro atoms. The second-order valence-corrected chi connectivity index (χ2v) is 8.14. The Bertz CT molecular complexity index is 388. The number of rotatable bonds is 10. The molecule has 0 radical (unpaired) electrons. The van der Waals surface area contributed by atoms with E-state index < -0.39 is 13.5 Å². The third-order valence-corrected chi connectivity index (χ3v) is 3.98. The minimum absolute atomic E-state index is 0.481. The van der Waals surface area contributed by atoms with Crippen LogP contribution in [0.3, 0.4) is 0 Å². The van der Waals surface area contributed by atoms with E-state index in [1.54, 1.807) is 0 Å². The average Bonchev–Trinajstić information content (AvgIpc) is 2.25. The SMILES string of the molecule is C/C(=C\C(=O)NP(N)(N)=O)CCCC(C)CCCC(C)C. The second-order valence-electron chi connectivity index (χ2n) is 6.50. The van der Waals surface area contributed by atoms with Crippen LogP contribution in [0.15, 0.2) is 11.6 Å². The Morgan fingerprint density at radius 2 is 1.71 bits per heavy atom. The van der Waals surface area contributed by atoms with E-state index in [1.807, 2.05) is 6.92 Å². The molecule has 0 saturated carbocycles. The zero-order valence-corrected chi connectivity index (χ0v) is 14.8. The molecule has 0 bridgehead atoms. The van der Waals surface area contributed by atoms with E-state index in [9.17, 15) is 9.36 Å². The molecule has 1 amide bonds. The Balaban J connectivity index is 3.90. The molecule has 0 aliphatic rings. The molecule has 5 nitrogen and oxygen atoms in total. The van der Waals surface area contributed by atoms with Gasteiger partial charge in [0.05, 0.1) is 0 Å². The molecule has 0 aromatic rings. The number of allylic oxidation sites excluding steroid dienone is 1. The fraction of sp³-hybridized carbons (Fsp3) is 0.800. The third kappa shape index (κ3) is 14.1. The van der Waals surface area contributed by atoms with Crippen LogP contribution in [0.2, 0.25) is 0 Å². The van der Waals surface area contributed by atoms with Crippen molar-refractivity contribution in [2.45, 2.75) is 66.2 Å². The number of nitrogens with two attached hydrogens (primary N) is 2. The van der Waals surface area contributed by atoms with Crippen LogP contribution in [0, 0.1) is 11.8 Å². The highest BCUT2D eigenvalue weighted by Gasteiger charge is 2.10. The first-order valence-electron chi connectivity index (χ1n) is 7.76. The lowest BCUT2D eigenvalue weighted by molar-refractivity contribution is -0.114. The third-order valence-electron chi connectivity index (χ3n) is 3.41. The average molecular weight is 317 g/mol. The molecule has 0 aliphatic carbocycles. The molecular weight excluding hydrogens is 285 g/mol. The zero-order valence-electron chi connectivity index (χ0n) is 13.9. The molecule has 21 heavy (non-hydrogen) atoms. The van der Waals surface area contributed by atoms with Gasteiger partial charge in [-0.3, -0.25) is 25.5 Å². The molecule has 6 heteroatoms. The fourth-order valence-electron chi connectivity index (χ4n) is 2.25. The predicted molar refractivity (Wildman–Crippen MR) is 89.6 cm³/mol. The number of carbonyl (C=O) groups excluding carboxylic acids is 1. The van der Waals surface area contributed by atoms with Gasteiger partial charge >= 0.3 is 7.59 Å². The van der Waals surface area contributed by atoms with Gasteiger partial charge in [0.15, 0.2) is 0 Å². The van der Waals surface area contributed by atoms with Crippen molar-refractivity contribution < 1.29 is 9.36 Å². The fourth-order valence-corrected chi connectivity index (χ4v) is 2.66. The maximum atomic E-state index is 11.5. The number of hydrogen-bond acceptors (Lipinski definition) is 2. The highest BCUT2D eigenvalue weighted by atomic mass is 31.2. The second kappa shape index (κ2) is 10.1. The van der Waals surface area contributed by atoms with E-state index in [0.29, 0.717) is 0 Å². The van der Waals surface area contributed by atoms with Gasteiger partial charge in [0.1, 0.15) is 0 Å². The number of carbonyl (C=O) groups is 1. The summed E-state index contributed by atoms with van der Waals surface area (Å²) < 4.78 is 11.1. The summed E-state index contributed by atoms with van der Waals surface area (Å²) in [4.78, 5) is 11.5. The van der Waals surface area contributed by atoms with Crippen LogP contribution in [-0.4, -0.2) is 5.91 Å². The van der Waals surface area contributed by atoms with Crippen LogP contribution in [0.25, 0.3) is 0 Å². The first kappa shape index (κ1) is 20.4. The summed E-state index contributed by atoms with van der Waals surface area (Å²) in [7, 11) is -3.48. The normalized spacial score (nSPS) is 14.3. The number of amides is 1. The molecule has 0 fully saturated rings. The van der Waals surface area contributed by atoms with E-state index >= 15 is 0 Å². The Morgan fingerprint density at radius 3 is 2.24 bits per heavy atom. The van der Waals surface area contributed by atoms with Gasteiger partial charge in [0.25, 0.3) is 5.91 Å². The van der Waals surface area contributed by atoms with E-state index in [-0.39, 0.29) is 0 Å². The number of nitrogens with one attached hydrogen (secondary N) is 1. The molecule has 0 rings (SSSR count). The van der Waals surface area contributed by atoms with E-state index in [2.05, 4.69) is 25.9 Å². The summed E-state index contributed by atoms with van der Waals surface area (Å²) in [6.45, 7) is 8.68. The van der Waals surface area contributed by atoms with Crippen molar-refractivity contribution in [3.05, 3.63) is 11.6 Å². The first-order chi connectivity index (χ1) is 9.60. The lowest BCUT2D eigenvalue weighted by Crippen LogP contribution is -2.27. The molecule has 0 saturated heterocycles. The van der Waals surface area contributed by atoms with Crippen LogP contribution >= 0.6 is 7.59 Å². The zero-order chi connectivity index (χ0) is 16.5. The standard InChI is InChI=1S/C15H32N3O2P/c1-12(2)7-5-8-13(3)9-6-10-14(4)11-15(19)18-21(16,17)20/h11-13H,5-10H2,1-4H3,(H5,16,17,18,19,20)/b14-11+. The van der Waals surface area contributed by atoms with Crippen molar-refractivity contribution >= 4 is 13.5 Å². The molecule has 1 atom stereocenters. The molecule has 1 unspecified atom stereocenters. The monoisotopic (exact) mass is 317 g/mol. The van der Waals surface area contributed by atoms with Crippen molar-refractivity contribution in [3.8, 4) is 0 Å². The van der Waals surface area contributed by atoms with Gasteiger partial charge in [-0.05, 0) is 31.6 Å². The Kier molecular flexibility index (Phi) is 9.84. The number of hydrogen-bond donors (Lipinski definition) is 3. The van der Waals surface area contributed by atoms with Gasteiger partial charge < -0.3 is 0 Å². The van der Waals surface area contributed by atoms with Gasteiger partial charge in [0, 0.05) is 6.08 Å². The van der Waals surface area contributed by atoms with Gasteiger partial charge in [-0.1, -0.05) is 52.0 Å². The summed E-state index contributed by atoms with van der Waals surface area (Å²) in [6.07, 6.45) is 8.36. The first-order valence-corrected chi connectivity index (χ1v) is 9.61. The molecule has 0 aliphatic heterocycles. The summed E-state index contributed by atoms with van der Waals surface area (Å²) in [5.41, 5.74) is 11.1. The van der Waals surface area contributed by atoms with Crippen LogP contribution < -0.4 is 16.1 Å². The van der Waals surface area contributed by atoms with Gasteiger partial charge in [-0.25, -0.2) is 0 Å². The summed E-state index contributed by atoms with van der Waals surface area (Å²) in [6, 6.07) is 0. The van der Waals surface area contributed by atoms with Crippen molar-refractivity contribution in [3.63, 3.8) is 0 Å². The van der Waals surface area contributed by atoms with Gasteiger partial charge in [-0.15, -0.1) is 0 Å². The van der Waals surface area contributed by atoms with Gasteiger partial charge in [-0.2, -0.15) is 0 Å². The summed E-state index contributed by atoms with van der Waals surface area (Å²) in [5.74, 6) is 1.02. The van der Waals surface area contributed by atoms with Crippen molar-refractivity contribution in [1.82, 2.24) is 5.09 Å². The molecule has 124 valence electrons. The van der Waals surface area contributed by atoms with Gasteiger partial charge in [0.2, 0.25) is 0 Å². The smallest absolute Gasteiger partial charge is 0.280 e. The molecule has 0 heterocycles. The quantitative estimate of drug-likeness (QED) is 0.422.